The predicted molar refractivity (Wildman–Crippen MR) is 72.2 cm³/mol. The Morgan fingerprint density at radius 1 is 1.24 bits per heavy atom. The lowest BCUT2D eigenvalue weighted by molar-refractivity contribution is -0.138. The highest BCUT2D eigenvalue weighted by Crippen LogP contribution is 2.23. The summed E-state index contributed by atoms with van der Waals surface area (Å²) < 4.78 is 31.4. The third-order valence-electron chi connectivity index (χ3n) is 2.52. The van der Waals surface area contributed by atoms with E-state index < -0.39 is 35.3 Å². The number of hydrogen-bond donors (Lipinski definition) is 1. The Kier molecular flexibility index (Phi) is 4.88. The summed E-state index contributed by atoms with van der Waals surface area (Å²) in [6.45, 7) is 6.08. The molecular formula is C14H17F2NO4. The quantitative estimate of drug-likeness (QED) is 0.931. The molecule has 0 spiro atoms. The predicted octanol–water partition coefficient (Wildman–Crippen LogP) is 3.18. The van der Waals surface area contributed by atoms with E-state index in [4.69, 9.17) is 9.84 Å². The van der Waals surface area contributed by atoms with Crippen LogP contribution in [0.1, 0.15) is 27.7 Å². The summed E-state index contributed by atoms with van der Waals surface area (Å²) in [5, 5.41) is 9.07. The van der Waals surface area contributed by atoms with Crippen LogP contribution in [0.3, 0.4) is 0 Å². The van der Waals surface area contributed by atoms with E-state index in [0.717, 1.165) is 23.1 Å². The molecule has 0 aromatic heterocycles. The normalized spacial score (nSPS) is 12.7. The number of hydrogen-bond acceptors (Lipinski definition) is 3. The van der Waals surface area contributed by atoms with Crippen molar-refractivity contribution in [2.24, 2.45) is 0 Å². The number of carboxylic acid groups (broad SMARTS) is 1. The second kappa shape index (κ2) is 6.07. The summed E-state index contributed by atoms with van der Waals surface area (Å²) in [6, 6.07) is 1.38. The van der Waals surface area contributed by atoms with Crippen molar-refractivity contribution in [3.8, 4) is 0 Å². The van der Waals surface area contributed by atoms with Gasteiger partial charge in [-0.05, 0) is 39.8 Å². The van der Waals surface area contributed by atoms with Gasteiger partial charge in [0.25, 0.3) is 0 Å². The standard InChI is InChI=1S/C14H17F2NO4/c1-8(12(18)19)17(13(20)21-14(2,3)4)9-5-6-10(15)11(16)7-9/h5-8H,1-4H3,(H,18,19)/t8-/m0/s1. The zero-order chi connectivity index (χ0) is 16.4. The number of ether oxygens (including phenoxy) is 1. The van der Waals surface area contributed by atoms with E-state index in [1.54, 1.807) is 20.8 Å². The molecule has 1 rings (SSSR count). The molecule has 1 atom stereocenters. The fourth-order valence-electron chi connectivity index (χ4n) is 1.54. The van der Waals surface area contributed by atoms with Gasteiger partial charge in [0.15, 0.2) is 11.6 Å². The summed E-state index contributed by atoms with van der Waals surface area (Å²) in [5.41, 5.74) is -0.954. The Morgan fingerprint density at radius 2 is 1.81 bits per heavy atom. The van der Waals surface area contributed by atoms with Gasteiger partial charge in [0.05, 0.1) is 5.69 Å². The number of rotatable bonds is 3. The number of carbonyl (C=O) groups excluding carboxylic acids is 1. The first-order chi connectivity index (χ1) is 9.53. The molecule has 1 amide bonds. The highest BCUT2D eigenvalue weighted by Gasteiger charge is 2.31. The fourth-order valence-corrected chi connectivity index (χ4v) is 1.54. The van der Waals surface area contributed by atoms with Gasteiger partial charge in [0.2, 0.25) is 0 Å². The highest BCUT2D eigenvalue weighted by atomic mass is 19.2. The van der Waals surface area contributed by atoms with E-state index in [1.807, 2.05) is 0 Å². The molecule has 7 heteroatoms. The zero-order valence-electron chi connectivity index (χ0n) is 12.2. The minimum absolute atomic E-state index is 0.0990. The zero-order valence-corrected chi connectivity index (χ0v) is 12.2. The van der Waals surface area contributed by atoms with Gasteiger partial charge in [-0.25, -0.2) is 18.4 Å². The maximum Gasteiger partial charge on any atom is 0.415 e. The molecule has 0 aliphatic rings. The van der Waals surface area contributed by atoms with Crippen molar-refractivity contribution in [1.29, 1.82) is 0 Å². The van der Waals surface area contributed by atoms with Crippen molar-refractivity contribution in [3.05, 3.63) is 29.8 Å². The van der Waals surface area contributed by atoms with E-state index in [2.05, 4.69) is 0 Å². The lowest BCUT2D eigenvalue weighted by Crippen LogP contribution is -2.46. The highest BCUT2D eigenvalue weighted by molar-refractivity contribution is 5.95. The van der Waals surface area contributed by atoms with Gasteiger partial charge in [-0.2, -0.15) is 0 Å². The van der Waals surface area contributed by atoms with Gasteiger partial charge >= 0.3 is 12.1 Å². The van der Waals surface area contributed by atoms with Crippen LogP contribution in [0.5, 0.6) is 0 Å². The summed E-state index contributed by atoms with van der Waals surface area (Å²) in [4.78, 5) is 24.0. The van der Waals surface area contributed by atoms with Gasteiger partial charge in [-0.3, -0.25) is 4.90 Å². The van der Waals surface area contributed by atoms with E-state index in [1.165, 1.54) is 6.92 Å². The first-order valence-corrected chi connectivity index (χ1v) is 6.23. The maximum absolute atomic E-state index is 13.3. The van der Waals surface area contributed by atoms with Crippen molar-refractivity contribution in [3.63, 3.8) is 0 Å². The molecule has 0 aliphatic carbocycles. The number of nitrogens with zero attached hydrogens (tertiary/aromatic N) is 1. The Morgan fingerprint density at radius 3 is 2.24 bits per heavy atom. The molecule has 21 heavy (non-hydrogen) atoms. The first-order valence-electron chi connectivity index (χ1n) is 6.23. The fraction of sp³-hybridized carbons (Fsp3) is 0.429. The largest absolute Gasteiger partial charge is 0.480 e. The molecule has 0 aliphatic heterocycles. The van der Waals surface area contributed by atoms with Crippen molar-refractivity contribution < 1.29 is 28.2 Å². The van der Waals surface area contributed by atoms with Crippen LogP contribution in [-0.2, 0) is 9.53 Å². The average Bonchev–Trinajstić information content (AvgIpc) is 2.31. The lowest BCUT2D eigenvalue weighted by atomic mass is 10.2. The Labute approximate surface area is 121 Å². The topological polar surface area (TPSA) is 66.8 Å². The Hall–Kier alpha value is -2.18. The van der Waals surface area contributed by atoms with E-state index in [0.29, 0.717) is 0 Å². The van der Waals surface area contributed by atoms with Gasteiger partial charge in [0, 0.05) is 6.07 Å². The van der Waals surface area contributed by atoms with Crippen LogP contribution < -0.4 is 4.90 Å². The lowest BCUT2D eigenvalue weighted by Gasteiger charge is -2.29. The van der Waals surface area contributed by atoms with Gasteiger partial charge < -0.3 is 9.84 Å². The van der Waals surface area contributed by atoms with Gasteiger partial charge in [-0.1, -0.05) is 0 Å². The maximum atomic E-state index is 13.3. The van der Waals surface area contributed by atoms with E-state index >= 15 is 0 Å². The number of anilines is 1. The number of halogens is 2. The third kappa shape index (κ3) is 4.40. The number of carboxylic acids is 1. The average molecular weight is 301 g/mol. The SMILES string of the molecule is C[C@@H](C(=O)O)N(C(=O)OC(C)(C)C)c1ccc(F)c(F)c1. The van der Waals surface area contributed by atoms with Crippen molar-refractivity contribution >= 4 is 17.7 Å². The molecule has 0 saturated heterocycles. The van der Waals surface area contributed by atoms with E-state index in [9.17, 15) is 18.4 Å². The van der Waals surface area contributed by atoms with Crippen LogP contribution in [0.15, 0.2) is 18.2 Å². The third-order valence-corrected chi connectivity index (χ3v) is 2.52. The summed E-state index contributed by atoms with van der Waals surface area (Å²) in [7, 11) is 0. The van der Waals surface area contributed by atoms with Crippen LogP contribution in [0.4, 0.5) is 19.3 Å². The molecule has 1 aromatic rings. The minimum Gasteiger partial charge on any atom is -0.480 e. The molecule has 5 nitrogen and oxygen atoms in total. The second-order valence-corrected chi connectivity index (χ2v) is 5.46. The minimum atomic E-state index is -1.30. The molecule has 0 bridgehead atoms. The molecule has 116 valence electrons. The number of benzene rings is 1. The van der Waals surface area contributed by atoms with Crippen LogP contribution >= 0.6 is 0 Å². The summed E-state index contributed by atoms with van der Waals surface area (Å²) in [6.07, 6.45) is -0.955. The smallest absolute Gasteiger partial charge is 0.415 e. The molecule has 0 saturated carbocycles. The molecule has 1 aromatic carbocycles. The summed E-state index contributed by atoms with van der Waals surface area (Å²) >= 11 is 0. The molecule has 0 fully saturated rings. The monoisotopic (exact) mass is 301 g/mol. The number of amides is 1. The molecule has 0 heterocycles. The van der Waals surface area contributed by atoms with Crippen LogP contribution in [-0.4, -0.2) is 28.8 Å². The Balaban J connectivity index is 3.22. The van der Waals surface area contributed by atoms with Crippen molar-refractivity contribution in [1.82, 2.24) is 0 Å². The van der Waals surface area contributed by atoms with Crippen LogP contribution in [0.25, 0.3) is 0 Å². The van der Waals surface area contributed by atoms with Gasteiger partial charge in [0.1, 0.15) is 11.6 Å². The van der Waals surface area contributed by atoms with Gasteiger partial charge in [-0.15, -0.1) is 0 Å². The van der Waals surface area contributed by atoms with Crippen LogP contribution in [0.2, 0.25) is 0 Å². The number of aliphatic carboxylic acids is 1. The number of carbonyl (C=O) groups is 2. The first kappa shape index (κ1) is 16.9. The second-order valence-electron chi connectivity index (χ2n) is 5.46. The molecule has 0 radical (unpaired) electrons. The molecule has 1 N–H and O–H groups in total. The van der Waals surface area contributed by atoms with E-state index in [-0.39, 0.29) is 5.69 Å². The van der Waals surface area contributed by atoms with Crippen molar-refractivity contribution in [2.45, 2.75) is 39.3 Å². The Bertz CT molecular complexity index is 554. The molecular weight excluding hydrogens is 284 g/mol. The molecule has 0 unspecified atom stereocenters. The van der Waals surface area contributed by atoms with Crippen molar-refractivity contribution in [2.75, 3.05) is 4.90 Å². The van der Waals surface area contributed by atoms with Crippen LogP contribution in [0, 0.1) is 11.6 Å². The summed E-state index contributed by atoms with van der Waals surface area (Å²) in [5.74, 6) is -3.57.